The second kappa shape index (κ2) is 4.49. The minimum atomic E-state index is -0.801. The van der Waals surface area contributed by atoms with Crippen molar-refractivity contribution in [2.24, 2.45) is 5.92 Å². The average Bonchev–Trinajstić information content (AvgIpc) is 2.34. The highest BCUT2D eigenvalue weighted by Gasteiger charge is 2.53. The highest BCUT2D eigenvalue weighted by atomic mass is 127. The van der Waals surface area contributed by atoms with Gasteiger partial charge in [-0.25, -0.2) is 4.39 Å². The Bertz CT molecular complexity index is 330. The highest BCUT2D eigenvalue weighted by Crippen LogP contribution is 2.43. The summed E-state index contributed by atoms with van der Waals surface area (Å²) >= 11 is 2.35. The second-order valence-electron chi connectivity index (χ2n) is 5.97. The molecule has 17 heavy (non-hydrogen) atoms. The lowest BCUT2D eigenvalue weighted by atomic mass is 9.73. The van der Waals surface area contributed by atoms with Crippen LogP contribution >= 0.6 is 22.6 Å². The molecule has 2 fully saturated rings. The van der Waals surface area contributed by atoms with Crippen molar-refractivity contribution < 1.29 is 13.7 Å². The third-order valence-corrected chi connectivity index (χ3v) is 5.33. The Morgan fingerprint density at radius 2 is 1.76 bits per heavy atom. The van der Waals surface area contributed by atoms with Crippen LogP contribution < -0.4 is 0 Å². The van der Waals surface area contributed by atoms with Crippen molar-refractivity contribution in [1.29, 1.82) is 0 Å². The Morgan fingerprint density at radius 3 is 2.18 bits per heavy atom. The zero-order valence-electron chi connectivity index (χ0n) is 10.8. The molecule has 0 bridgehead atoms. The standard InChI is InChI=1S/C12H19BFIO2/c1-11(2)12(3,4)17-13(16-11)10(14)9-5-8(6-9)7-15/h8H,5-7H2,1-4H3. The molecule has 1 aliphatic heterocycles. The van der Waals surface area contributed by atoms with E-state index in [0.29, 0.717) is 5.92 Å². The molecule has 5 heteroatoms. The van der Waals surface area contributed by atoms with Gasteiger partial charge in [-0.1, -0.05) is 22.6 Å². The van der Waals surface area contributed by atoms with Crippen molar-refractivity contribution in [1.82, 2.24) is 0 Å². The van der Waals surface area contributed by atoms with Crippen molar-refractivity contribution in [3.8, 4) is 0 Å². The van der Waals surface area contributed by atoms with E-state index in [-0.39, 0.29) is 5.73 Å². The summed E-state index contributed by atoms with van der Waals surface area (Å²) in [4.78, 5) is 0. The van der Waals surface area contributed by atoms with Crippen molar-refractivity contribution in [2.75, 3.05) is 4.43 Å². The van der Waals surface area contributed by atoms with Crippen molar-refractivity contribution in [3.05, 3.63) is 11.3 Å². The summed E-state index contributed by atoms with van der Waals surface area (Å²) in [6.07, 6.45) is 1.72. The highest BCUT2D eigenvalue weighted by molar-refractivity contribution is 14.1. The number of halogens is 2. The molecule has 0 aromatic heterocycles. The Kier molecular flexibility index (Phi) is 3.65. The first-order chi connectivity index (χ1) is 7.77. The van der Waals surface area contributed by atoms with Gasteiger partial charge in [-0.15, -0.1) is 0 Å². The van der Waals surface area contributed by atoms with Gasteiger partial charge in [0.1, 0.15) is 5.73 Å². The molecule has 1 heterocycles. The summed E-state index contributed by atoms with van der Waals surface area (Å²) in [5.74, 6) is 0.638. The Morgan fingerprint density at radius 1 is 1.29 bits per heavy atom. The van der Waals surface area contributed by atoms with Crippen LogP contribution in [-0.2, 0) is 9.31 Å². The monoisotopic (exact) mass is 352 g/mol. The van der Waals surface area contributed by atoms with Gasteiger partial charge in [-0.05, 0) is 52.0 Å². The predicted molar refractivity (Wildman–Crippen MR) is 75.8 cm³/mol. The minimum absolute atomic E-state index is 0.190. The topological polar surface area (TPSA) is 18.5 Å². The molecule has 0 aromatic carbocycles. The SMILES string of the molecule is CC1(C)OB(C(F)=C2CC(CI)C2)OC1(C)C. The first-order valence-corrected chi connectivity index (χ1v) is 7.58. The van der Waals surface area contributed by atoms with Gasteiger partial charge in [0.15, 0.2) is 0 Å². The molecular formula is C12H19BFIO2. The summed E-state index contributed by atoms with van der Waals surface area (Å²) in [7, 11) is -0.801. The molecule has 1 aliphatic carbocycles. The van der Waals surface area contributed by atoms with E-state index in [1.54, 1.807) is 0 Å². The number of hydrogen-bond donors (Lipinski definition) is 0. The fraction of sp³-hybridized carbons (Fsp3) is 0.833. The van der Waals surface area contributed by atoms with E-state index < -0.39 is 18.3 Å². The quantitative estimate of drug-likeness (QED) is 0.429. The first-order valence-electron chi connectivity index (χ1n) is 6.06. The summed E-state index contributed by atoms with van der Waals surface area (Å²) in [6, 6.07) is 0. The Balaban J connectivity index is 2.07. The zero-order chi connectivity index (χ0) is 12.8. The van der Waals surface area contributed by atoms with Crippen LogP contribution in [0.1, 0.15) is 40.5 Å². The van der Waals surface area contributed by atoms with Crippen LogP contribution in [0.3, 0.4) is 0 Å². The zero-order valence-corrected chi connectivity index (χ0v) is 13.0. The lowest BCUT2D eigenvalue weighted by molar-refractivity contribution is 0.00578. The van der Waals surface area contributed by atoms with Crippen LogP contribution in [0.15, 0.2) is 11.3 Å². The molecule has 0 amide bonds. The van der Waals surface area contributed by atoms with Crippen LogP contribution in [-0.4, -0.2) is 22.7 Å². The van der Waals surface area contributed by atoms with Gasteiger partial charge in [0.2, 0.25) is 0 Å². The summed E-state index contributed by atoms with van der Waals surface area (Å²) in [5, 5.41) is 0. The van der Waals surface area contributed by atoms with Crippen molar-refractivity contribution in [2.45, 2.75) is 51.7 Å². The Hall–Kier alpha value is 0.385. The van der Waals surface area contributed by atoms with E-state index >= 15 is 0 Å². The molecule has 0 spiro atoms. The number of allylic oxidation sites excluding steroid dienone is 1. The molecule has 0 unspecified atom stereocenters. The predicted octanol–water partition coefficient (Wildman–Crippen LogP) is 3.69. The van der Waals surface area contributed by atoms with Gasteiger partial charge in [0, 0.05) is 4.43 Å². The van der Waals surface area contributed by atoms with Gasteiger partial charge >= 0.3 is 7.12 Å². The lowest BCUT2D eigenvalue weighted by Crippen LogP contribution is -2.41. The van der Waals surface area contributed by atoms with Gasteiger partial charge in [0.25, 0.3) is 0 Å². The van der Waals surface area contributed by atoms with Gasteiger partial charge in [0.05, 0.1) is 11.2 Å². The maximum absolute atomic E-state index is 14.2. The van der Waals surface area contributed by atoms with E-state index in [9.17, 15) is 4.39 Å². The van der Waals surface area contributed by atoms with Gasteiger partial charge in [-0.3, -0.25) is 0 Å². The molecule has 1 saturated carbocycles. The number of alkyl halides is 1. The largest absolute Gasteiger partial charge is 0.525 e. The molecule has 2 rings (SSSR count). The third-order valence-electron chi connectivity index (χ3n) is 4.09. The van der Waals surface area contributed by atoms with Crippen LogP contribution in [0.4, 0.5) is 4.39 Å². The summed E-state index contributed by atoms with van der Waals surface area (Å²) in [5.41, 5.74) is -0.223. The van der Waals surface area contributed by atoms with E-state index in [1.807, 2.05) is 27.7 Å². The van der Waals surface area contributed by atoms with Gasteiger partial charge < -0.3 is 9.31 Å². The minimum Gasteiger partial charge on any atom is -0.398 e. The van der Waals surface area contributed by atoms with Gasteiger partial charge in [-0.2, -0.15) is 0 Å². The van der Waals surface area contributed by atoms with Crippen LogP contribution in [0.2, 0.25) is 0 Å². The number of rotatable bonds is 2. The summed E-state index contributed by atoms with van der Waals surface area (Å²) < 4.78 is 26.7. The molecule has 96 valence electrons. The summed E-state index contributed by atoms with van der Waals surface area (Å²) in [6.45, 7) is 7.78. The van der Waals surface area contributed by atoms with Crippen LogP contribution in [0, 0.1) is 5.92 Å². The molecule has 1 saturated heterocycles. The molecule has 0 atom stereocenters. The Labute approximate surface area is 117 Å². The average molecular weight is 352 g/mol. The normalized spacial score (nSPS) is 30.4. The molecule has 2 nitrogen and oxygen atoms in total. The number of hydrogen-bond acceptors (Lipinski definition) is 2. The molecule has 0 aromatic rings. The van der Waals surface area contributed by atoms with E-state index in [2.05, 4.69) is 22.6 Å². The van der Waals surface area contributed by atoms with E-state index in [1.165, 1.54) is 0 Å². The molecule has 0 N–H and O–H groups in total. The molecular weight excluding hydrogens is 333 g/mol. The van der Waals surface area contributed by atoms with E-state index in [0.717, 1.165) is 22.8 Å². The maximum Gasteiger partial charge on any atom is 0.525 e. The second-order valence-corrected chi connectivity index (χ2v) is 6.85. The van der Waals surface area contributed by atoms with Crippen LogP contribution in [0.25, 0.3) is 0 Å². The molecule has 2 aliphatic rings. The molecule has 0 radical (unpaired) electrons. The van der Waals surface area contributed by atoms with E-state index in [4.69, 9.17) is 9.31 Å². The fourth-order valence-electron chi connectivity index (χ4n) is 2.05. The lowest BCUT2D eigenvalue weighted by Gasteiger charge is -2.32. The third kappa shape index (κ3) is 2.43. The fourth-order valence-corrected chi connectivity index (χ4v) is 2.68. The van der Waals surface area contributed by atoms with Crippen LogP contribution in [0.5, 0.6) is 0 Å². The van der Waals surface area contributed by atoms with Crippen molar-refractivity contribution >= 4 is 29.7 Å². The maximum atomic E-state index is 14.2. The van der Waals surface area contributed by atoms with Crippen molar-refractivity contribution in [3.63, 3.8) is 0 Å². The first kappa shape index (κ1) is 13.8. The smallest absolute Gasteiger partial charge is 0.398 e.